The Hall–Kier alpha value is -1.96. The number of rotatable bonds is 3. The molecule has 2 aromatic carbocycles. The predicted molar refractivity (Wildman–Crippen MR) is 79.5 cm³/mol. The molecular formula is C16H20N2. The molecule has 0 radical (unpaired) electrons. The second-order valence-corrected chi connectivity index (χ2v) is 4.64. The molecule has 18 heavy (non-hydrogen) atoms. The lowest BCUT2D eigenvalue weighted by Gasteiger charge is -2.21. The summed E-state index contributed by atoms with van der Waals surface area (Å²) in [5, 5.41) is 0. The topological polar surface area (TPSA) is 29.3 Å². The van der Waals surface area contributed by atoms with Gasteiger partial charge in [0.1, 0.15) is 0 Å². The van der Waals surface area contributed by atoms with Crippen molar-refractivity contribution in [2.45, 2.75) is 20.3 Å². The molecule has 0 aliphatic heterocycles. The molecule has 0 saturated carbocycles. The zero-order chi connectivity index (χ0) is 13.1. The van der Waals surface area contributed by atoms with Crippen LogP contribution in [0.2, 0.25) is 0 Å². The standard InChI is InChI=1S/C16H20N2/c1-4-13-6-8-14(9-7-13)18(3)16-10-5-12(2)11-15(16)17/h5-11H,4,17H2,1-3H3. The van der Waals surface area contributed by atoms with E-state index in [0.717, 1.165) is 23.5 Å². The van der Waals surface area contributed by atoms with Crippen LogP contribution in [0.4, 0.5) is 17.1 Å². The van der Waals surface area contributed by atoms with Crippen LogP contribution in [0.3, 0.4) is 0 Å². The molecule has 2 nitrogen and oxygen atoms in total. The molecule has 2 N–H and O–H groups in total. The highest BCUT2D eigenvalue weighted by Crippen LogP contribution is 2.29. The summed E-state index contributed by atoms with van der Waals surface area (Å²) in [6, 6.07) is 14.8. The van der Waals surface area contributed by atoms with Crippen LogP contribution in [0.1, 0.15) is 18.1 Å². The van der Waals surface area contributed by atoms with Gasteiger partial charge in [0.15, 0.2) is 0 Å². The Morgan fingerprint density at radius 2 is 1.72 bits per heavy atom. The van der Waals surface area contributed by atoms with Crippen LogP contribution in [0.25, 0.3) is 0 Å². The maximum absolute atomic E-state index is 6.07. The molecule has 0 aromatic heterocycles. The summed E-state index contributed by atoms with van der Waals surface area (Å²) in [7, 11) is 2.04. The molecule has 0 atom stereocenters. The van der Waals surface area contributed by atoms with E-state index in [0.29, 0.717) is 0 Å². The predicted octanol–water partition coefficient (Wildman–Crippen LogP) is 3.91. The van der Waals surface area contributed by atoms with Gasteiger partial charge in [0.2, 0.25) is 0 Å². The number of aryl methyl sites for hydroxylation is 2. The largest absolute Gasteiger partial charge is 0.397 e. The van der Waals surface area contributed by atoms with Crippen molar-refractivity contribution in [3.05, 3.63) is 53.6 Å². The van der Waals surface area contributed by atoms with E-state index in [2.05, 4.69) is 55.1 Å². The van der Waals surface area contributed by atoms with E-state index < -0.39 is 0 Å². The summed E-state index contributed by atoms with van der Waals surface area (Å²) in [5.74, 6) is 0. The summed E-state index contributed by atoms with van der Waals surface area (Å²) in [6.07, 6.45) is 1.07. The van der Waals surface area contributed by atoms with Crippen LogP contribution in [-0.4, -0.2) is 7.05 Å². The van der Waals surface area contributed by atoms with Gasteiger partial charge >= 0.3 is 0 Å². The van der Waals surface area contributed by atoms with E-state index in [1.54, 1.807) is 0 Å². The molecule has 0 spiro atoms. The molecule has 0 unspecified atom stereocenters. The monoisotopic (exact) mass is 240 g/mol. The van der Waals surface area contributed by atoms with Gasteiger partial charge in [-0.25, -0.2) is 0 Å². The summed E-state index contributed by atoms with van der Waals surface area (Å²) < 4.78 is 0. The third kappa shape index (κ3) is 2.48. The zero-order valence-electron chi connectivity index (χ0n) is 11.3. The molecule has 94 valence electrons. The van der Waals surface area contributed by atoms with Gasteiger partial charge in [-0.2, -0.15) is 0 Å². The normalized spacial score (nSPS) is 10.4. The molecule has 0 fully saturated rings. The highest BCUT2D eigenvalue weighted by molar-refractivity contribution is 5.74. The van der Waals surface area contributed by atoms with Gasteiger partial charge in [0.05, 0.1) is 11.4 Å². The Kier molecular flexibility index (Phi) is 3.56. The molecule has 0 aliphatic rings. The summed E-state index contributed by atoms with van der Waals surface area (Å²) in [6.45, 7) is 4.22. The van der Waals surface area contributed by atoms with Gasteiger partial charge in [0.25, 0.3) is 0 Å². The number of nitrogens with two attached hydrogens (primary N) is 1. The van der Waals surface area contributed by atoms with E-state index in [1.165, 1.54) is 11.1 Å². The fourth-order valence-electron chi connectivity index (χ4n) is 2.07. The summed E-state index contributed by atoms with van der Waals surface area (Å²) in [5.41, 5.74) is 11.6. The molecule has 0 saturated heterocycles. The van der Waals surface area contributed by atoms with Crippen molar-refractivity contribution in [3.8, 4) is 0 Å². The average molecular weight is 240 g/mol. The van der Waals surface area contributed by atoms with Crippen molar-refractivity contribution in [1.82, 2.24) is 0 Å². The van der Waals surface area contributed by atoms with Crippen LogP contribution in [-0.2, 0) is 6.42 Å². The molecule has 0 amide bonds. The Bertz CT molecular complexity index is 529. The van der Waals surface area contributed by atoms with Gasteiger partial charge in [-0.05, 0) is 48.7 Å². The minimum absolute atomic E-state index is 0.817. The number of nitrogens with zero attached hydrogens (tertiary/aromatic N) is 1. The fraction of sp³-hybridized carbons (Fsp3) is 0.250. The van der Waals surface area contributed by atoms with E-state index in [-0.39, 0.29) is 0 Å². The first-order chi connectivity index (χ1) is 8.61. The van der Waals surface area contributed by atoms with Crippen LogP contribution in [0.5, 0.6) is 0 Å². The SMILES string of the molecule is CCc1ccc(N(C)c2ccc(C)cc2N)cc1. The number of hydrogen-bond acceptors (Lipinski definition) is 2. The van der Waals surface area contributed by atoms with Crippen LogP contribution in [0.15, 0.2) is 42.5 Å². The second kappa shape index (κ2) is 5.13. The Balaban J connectivity index is 2.31. The summed E-state index contributed by atoms with van der Waals surface area (Å²) in [4.78, 5) is 2.12. The van der Waals surface area contributed by atoms with E-state index in [9.17, 15) is 0 Å². The number of benzene rings is 2. The maximum Gasteiger partial charge on any atom is 0.0641 e. The third-order valence-corrected chi connectivity index (χ3v) is 3.28. The van der Waals surface area contributed by atoms with Crippen molar-refractivity contribution >= 4 is 17.1 Å². The Morgan fingerprint density at radius 3 is 2.28 bits per heavy atom. The first-order valence-corrected chi connectivity index (χ1v) is 6.30. The van der Waals surface area contributed by atoms with Crippen LogP contribution >= 0.6 is 0 Å². The van der Waals surface area contributed by atoms with E-state index in [4.69, 9.17) is 5.73 Å². The smallest absolute Gasteiger partial charge is 0.0641 e. The highest BCUT2D eigenvalue weighted by Gasteiger charge is 2.07. The van der Waals surface area contributed by atoms with Gasteiger partial charge in [-0.1, -0.05) is 25.1 Å². The van der Waals surface area contributed by atoms with Gasteiger partial charge < -0.3 is 10.6 Å². The molecule has 2 heteroatoms. The molecular weight excluding hydrogens is 220 g/mol. The van der Waals surface area contributed by atoms with Gasteiger partial charge in [-0.15, -0.1) is 0 Å². The minimum Gasteiger partial charge on any atom is -0.397 e. The van der Waals surface area contributed by atoms with Crippen LogP contribution in [0, 0.1) is 6.92 Å². The zero-order valence-corrected chi connectivity index (χ0v) is 11.3. The van der Waals surface area contributed by atoms with Crippen molar-refractivity contribution in [1.29, 1.82) is 0 Å². The number of nitrogen functional groups attached to an aromatic ring is 1. The van der Waals surface area contributed by atoms with Crippen molar-refractivity contribution in [2.24, 2.45) is 0 Å². The first kappa shape index (κ1) is 12.5. The third-order valence-electron chi connectivity index (χ3n) is 3.28. The molecule has 0 bridgehead atoms. The lowest BCUT2D eigenvalue weighted by atomic mass is 10.1. The molecule has 0 heterocycles. The van der Waals surface area contributed by atoms with Crippen LogP contribution < -0.4 is 10.6 Å². The summed E-state index contributed by atoms with van der Waals surface area (Å²) >= 11 is 0. The highest BCUT2D eigenvalue weighted by atomic mass is 15.1. The minimum atomic E-state index is 0.817. The van der Waals surface area contributed by atoms with Crippen molar-refractivity contribution in [3.63, 3.8) is 0 Å². The van der Waals surface area contributed by atoms with Gasteiger partial charge in [0, 0.05) is 12.7 Å². The molecule has 2 aromatic rings. The lowest BCUT2D eigenvalue weighted by Crippen LogP contribution is -2.11. The van der Waals surface area contributed by atoms with Gasteiger partial charge in [-0.3, -0.25) is 0 Å². The first-order valence-electron chi connectivity index (χ1n) is 6.30. The Morgan fingerprint density at radius 1 is 1.06 bits per heavy atom. The van der Waals surface area contributed by atoms with Crippen molar-refractivity contribution < 1.29 is 0 Å². The number of hydrogen-bond donors (Lipinski definition) is 1. The van der Waals surface area contributed by atoms with E-state index in [1.807, 2.05) is 13.1 Å². The maximum atomic E-state index is 6.07. The van der Waals surface area contributed by atoms with Crippen molar-refractivity contribution in [2.75, 3.05) is 17.7 Å². The number of anilines is 3. The Labute approximate surface area is 109 Å². The average Bonchev–Trinajstić information content (AvgIpc) is 2.38. The van der Waals surface area contributed by atoms with E-state index >= 15 is 0 Å². The molecule has 2 rings (SSSR count). The quantitative estimate of drug-likeness (QED) is 0.824. The fourth-order valence-corrected chi connectivity index (χ4v) is 2.07. The molecule has 0 aliphatic carbocycles. The lowest BCUT2D eigenvalue weighted by molar-refractivity contribution is 1.13. The second-order valence-electron chi connectivity index (χ2n) is 4.64.